The number of nitrogens with zero attached hydrogens (tertiary/aromatic N) is 2. The van der Waals surface area contributed by atoms with E-state index in [9.17, 15) is 0 Å². The van der Waals surface area contributed by atoms with Gasteiger partial charge in [-0.25, -0.2) is 4.98 Å². The smallest absolute Gasteiger partial charge is 0.133 e. The highest BCUT2D eigenvalue weighted by Gasteiger charge is 2.25. The van der Waals surface area contributed by atoms with Crippen LogP contribution in [-0.4, -0.2) is 37.3 Å². The van der Waals surface area contributed by atoms with Gasteiger partial charge in [-0.15, -0.1) is 0 Å². The lowest BCUT2D eigenvalue weighted by atomic mass is 10.2. The minimum Gasteiger partial charge on any atom is -0.379 e. The number of hydrogen-bond acceptors (Lipinski definition) is 4. The van der Waals surface area contributed by atoms with E-state index in [0.29, 0.717) is 12.1 Å². The van der Waals surface area contributed by atoms with Gasteiger partial charge < -0.3 is 15.0 Å². The van der Waals surface area contributed by atoms with E-state index < -0.39 is 0 Å². The molecule has 1 unspecified atom stereocenters. The van der Waals surface area contributed by atoms with Crippen LogP contribution in [-0.2, 0) is 11.3 Å². The summed E-state index contributed by atoms with van der Waals surface area (Å²) < 4.78 is 6.52. The summed E-state index contributed by atoms with van der Waals surface area (Å²) in [7, 11) is 2.12. The van der Waals surface area contributed by atoms with Gasteiger partial charge in [0.25, 0.3) is 0 Å². The molecule has 0 aromatic carbocycles. The summed E-state index contributed by atoms with van der Waals surface area (Å²) in [5, 5.41) is 3.57. The van der Waals surface area contributed by atoms with Gasteiger partial charge in [0.15, 0.2) is 0 Å². The fourth-order valence-electron chi connectivity index (χ4n) is 2.46. The van der Waals surface area contributed by atoms with Crippen LogP contribution in [0.1, 0.15) is 24.8 Å². The Hall–Kier alpha value is -0.650. The molecule has 4 nitrogen and oxygen atoms in total. The topological polar surface area (TPSA) is 37.4 Å². The molecule has 0 spiro atoms. The molecule has 1 atom stereocenters. The van der Waals surface area contributed by atoms with Crippen LogP contribution in [0.25, 0.3) is 0 Å². The van der Waals surface area contributed by atoms with Crippen LogP contribution < -0.4 is 10.2 Å². The van der Waals surface area contributed by atoms with Crippen molar-refractivity contribution in [3.05, 3.63) is 22.3 Å². The molecule has 1 aliphatic carbocycles. The SMILES string of the molecule is CN(c1ncc(Br)cc1CNC1CC1)C1CCOC1. The molecule has 1 saturated heterocycles. The molecule has 19 heavy (non-hydrogen) atoms. The first kappa shape index (κ1) is 13.3. The average Bonchev–Trinajstić information content (AvgIpc) is 3.07. The molecular weight excluding hydrogens is 306 g/mol. The molecule has 1 saturated carbocycles. The average molecular weight is 326 g/mol. The van der Waals surface area contributed by atoms with Gasteiger partial charge in [-0.2, -0.15) is 0 Å². The fraction of sp³-hybridized carbons (Fsp3) is 0.643. The van der Waals surface area contributed by atoms with Crippen LogP contribution in [0, 0.1) is 0 Å². The number of pyridine rings is 1. The Kier molecular flexibility index (Phi) is 4.05. The van der Waals surface area contributed by atoms with E-state index in [0.717, 1.165) is 36.5 Å². The second-order valence-corrected chi connectivity index (χ2v) is 6.34. The maximum Gasteiger partial charge on any atom is 0.133 e. The largest absolute Gasteiger partial charge is 0.379 e. The summed E-state index contributed by atoms with van der Waals surface area (Å²) >= 11 is 3.52. The minimum absolute atomic E-state index is 0.452. The van der Waals surface area contributed by atoms with E-state index in [1.165, 1.54) is 18.4 Å². The molecule has 2 fully saturated rings. The molecule has 104 valence electrons. The van der Waals surface area contributed by atoms with E-state index in [4.69, 9.17) is 4.74 Å². The molecule has 0 amide bonds. The van der Waals surface area contributed by atoms with Crippen molar-refractivity contribution in [3.63, 3.8) is 0 Å². The van der Waals surface area contributed by atoms with Crippen LogP contribution in [0.3, 0.4) is 0 Å². The van der Waals surface area contributed by atoms with Crippen LogP contribution >= 0.6 is 15.9 Å². The van der Waals surface area contributed by atoms with Gasteiger partial charge in [-0.1, -0.05) is 0 Å². The van der Waals surface area contributed by atoms with Crippen molar-refractivity contribution in [1.82, 2.24) is 10.3 Å². The Morgan fingerprint density at radius 3 is 3.00 bits per heavy atom. The van der Waals surface area contributed by atoms with E-state index >= 15 is 0 Å². The minimum atomic E-state index is 0.452. The van der Waals surface area contributed by atoms with Gasteiger partial charge in [0.05, 0.1) is 12.6 Å². The highest BCUT2D eigenvalue weighted by Crippen LogP contribution is 2.26. The first-order chi connectivity index (χ1) is 9.24. The zero-order chi connectivity index (χ0) is 13.2. The van der Waals surface area contributed by atoms with Gasteiger partial charge in [-0.05, 0) is 41.3 Å². The molecule has 0 radical (unpaired) electrons. The first-order valence-corrected chi connectivity index (χ1v) is 7.71. The molecule has 1 aliphatic heterocycles. The molecule has 1 N–H and O–H groups in total. The Labute approximate surface area is 122 Å². The lowest BCUT2D eigenvalue weighted by molar-refractivity contribution is 0.193. The highest BCUT2D eigenvalue weighted by molar-refractivity contribution is 9.10. The number of ether oxygens (including phenoxy) is 1. The predicted octanol–water partition coefficient (Wildman–Crippen LogP) is 2.32. The summed E-state index contributed by atoms with van der Waals surface area (Å²) in [6.07, 6.45) is 5.58. The highest BCUT2D eigenvalue weighted by atomic mass is 79.9. The number of rotatable bonds is 5. The number of anilines is 1. The third-order valence-electron chi connectivity index (χ3n) is 3.86. The standard InChI is InChI=1S/C14H20BrN3O/c1-18(13-4-5-19-9-13)14-10(6-11(15)8-17-14)7-16-12-2-3-12/h6,8,12-13,16H,2-5,7,9H2,1H3. The first-order valence-electron chi connectivity index (χ1n) is 6.92. The number of aromatic nitrogens is 1. The van der Waals surface area contributed by atoms with Crippen molar-refractivity contribution in [2.24, 2.45) is 0 Å². The van der Waals surface area contributed by atoms with Crippen molar-refractivity contribution in [1.29, 1.82) is 0 Å². The molecule has 2 heterocycles. The van der Waals surface area contributed by atoms with Crippen LogP contribution in [0.2, 0.25) is 0 Å². The molecule has 1 aromatic heterocycles. The van der Waals surface area contributed by atoms with Crippen molar-refractivity contribution >= 4 is 21.7 Å². The third kappa shape index (κ3) is 3.27. The quantitative estimate of drug-likeness (QED) is 0.901. The van der Waals surface area contributed by atoms with Crippen LogP contribution in [0.4, 0.5) is 5.82 Å². The third-order valence-corrected chi connectivity index (χ3v) is 4.29. The summed E-state index contributed by atoms with van der Waals surface area (Å²) in [6.45, 7) is 2.56. The van der Waals surface area contributed by atoms with Gasteiger partial charge in [0, 0.05) is 42.5 Å². The van der Waals surface area contributed by atoms with E-state index in [1.807, 2.05) is 6.20 Å². The molecule has 5 heteroatoms. The number of nitrogens with one attached hydrogen (secondary N) is 1. The Morgan fingerprint density at radius 2 is 2.32 bits per heavy atom. The summed E-state index contributed by atoms with van der Waals surface area (Å²) in [5.74, 6) is 1.08. The van der Waals surface area contributed by atoms with Gasteiger partial charge in [0.2, 0.25) is 0 Å². The van der Waals surface area contributed by atoms with Crippen molar-refractivity contribution in [2.45, 2.75) is 37.9 Å². The fourth-order valence-corrected chi connectivity index (χ4v) is 2.84. The zero-order valence-electron chi connectivity index (χ0n) is 11.2. The zero-order valence-corrected chi connectivity index (χ0v) is 12.8. The van der Waals surface area contributed by atoms with Crippen LogP contribution in [0.15, 0.2) is 16.7 Å². The molecule has 0 bridgehead atoms. The predicted molar refractivity (Wildman–Crippen MR) is 79.4 cm³/mol. The van der Waals surface area contributed by atoms with Gasteiger partial charge in [-0.3, -0.25) is 0 Å². The Morgan fingerprint density at radius 1 is 1.47 bits per heavy atom. The Balaban J connectivity index is 1.76. The van der Waals surface area contributed by atoms with E-state index in [-0.39, 0.29) is 0 Å². The van der Waals surface area contributed by atoms with Crippen molar-refractivity contribution in [2.75, 3.05) is 25.2 Å². The normalized spacial score (nSPS) is 22.7. The second kappa shape index (κ2) is 5.77. The van der Waals surface area contributed by atoms with Crippen LogP contribution in [0.5, 0.6) is 0 Å². The summed E-state index contributed by atoms with van der Waals surface area (Å²) in [4.78, 5) is 6.87. The lowest BCUT2D eigenvalue weighted by Gasteiger charge is -2.26. The monoisotopic (exact) mass is 325 g/mol. The van der Waals surface area contributed by atoms with Crippen molar-refractivity contribution < 1.29 is 4.74 Å². The summed E-state index contributed by atoms with van der Waals surface area (Å²) in [6, 6.07) is 3.34. The maximum absolute atomic E-state index is 5.48. The second-order valence-electron chi connectivity index (χ2n) is 5.42. The maximum atomic E-state index is 5.48. The summed E-state index contributed by atoms with van der Waals surface area (Å²) in [5.41, 5.74) is 1.26. The van der Waals surface area contributed by atoms with Crippen molar-refractivity contribution in [3.8, 4) is 0 Å². The van der Waals surface area contributed by atoms with E-state index in [1.54, 1.807) is 0 Å². The number of hydrogen-bond donors (Lipinski definition) is 1. The number of halogens is 1. The van der Waals surface area contributed by atoms with Gasteiger partial charge >= 0.3 is 0 Å². The van der Waals surface area contributed by atoms with E-state index in [2.05, 4.69) is 44.2 Å². The van der Waals surface area contributed by atoms with Gasteiger partial charge in [0.1, 0.15) is 5.82 Å². The molecule has 1 aromatic rings. The molecule has 3 rings (SSSR count). The Bertz CT molecular complexity index is 444. The molecular formula is C14H20BrN3O. The molecule has 2 aliphatic rings. The number of likely N-dealkylation sites (N-methyl/N-ethyl adjacent to an activating group) is 1. The lowest BCUT2D eigenvalue weighted by Crippen LogP contribution is -2.33.